The molecule has 0 saturated carbocycles. The first kappa shape index (κ1) is 21.2. The summed E-state index contributed by atoms with van der Waals surface area (Å²) in [5.41, 5.74) is 7.90. The zero-order valence-corrected chi connectivity index (χ0v) is 19.4. The lowest BCUT2D eigenvalue weighted by Crippen LogP contribution is -2.00. The molecule has 1 N–H and O–H groups in total. The minimum atomic E-state index is -0.208. The van der Waals surface area contributed by atoms with E-state index in [2.05, 4.69) is 38.0 Å². The Bertz CT molecular complexity index is 1670. The summed E-state index contributed by atoms with van der Waals surface area (Å²) in [6.45, 7) is 0.441. The summed E-state index contributed by atoms with van der Waals surface area (Å²) >= 11 is 1.58. The number of thiophene rings is 1. The van der Waals surface area contributed by atoms with Crippen molar-refractivity contribution in [3.05, 3.63) is 114 Å². The fourth-order valence-corrected chi connectivity index (χ4v) is 5.19. The van der Waals surface area contributed by atoms with Crippen LogP contribution in [0.15, 0.2) is 102 Å². The minimum absolute atomic E-state index is 0.208. The monoisotopic (exact) mass is 477 g/mol. The van der Waals surface area contributed by atoms with E-state index in [1.165, 1.54) is 6.07 Å². The Hall–Kier alpha value is -4.36. The highest BCUT2D eigenvalue weighted by molar-refractivity contribution is 7.17. The van der Waals surface area contributed by atoms with Gasteiger partial charge in [-0.15, -0.1) is 11.3 Å². The van der Waals surface area contributed by atoms with E-state index in [-0.39, 0.29) is 5.82 Å². The van der Waals surface area contributed by atoms with Crippen LogP contribution in [0, 0.1) is 5.82 Å². The fraction of sp³-hybridized carbons (Fsp3) is 0.0357. The first-order valence-corrected chi connectivity index (χ1v) is 12.0. The van der Waals surface area contributed by atoms with Crippen LogP contribution in [0.1, 0.15) is 11.1 Å². The number of benzene rings is 3. The SMILES string of the molecule is Fc1ccccc1Cn1cc(/C=N/Nc2ncnc3scc(-c4ccccc4)c23)c2ccccc21. The molecular formula is C28H20FN5S. The maximum absolute atomic E-state index is 14.3. The number of anilines is 1. The number of hydrogen-bond acceptors (Lipinski definition) is 5. The highest BCUT2D eigenvalue weighted by atomic mass is 32.1. The van der Waals surface area contributed by atoms with Gasteiger partial charge in [-0.05, 0) is 17.7 Å². The van der Waals surface area contributed by atoms with Crippen LogP contribution in [-0.4, -0.2) is 20.7 Å². The molecule has 0 bridgehead atoms. The molecule has 170 valence electrons. The van der Waals surface area contributed by atoms with Crippen molar-refractivity contribution >= 4 is 44.5 Å². The molecule has 0 radical (unpaired) electrons. The summed E-state index contributed by atoms with van der Waals surface area (Å²) in [5, 5.41) is 8.60. The number of hydrazone groups is 1. The van der Waals surface area contributed by atoms with Gasteiger partial charge in [0, 0.05) is 39.2 Å². The van der Waals surface area contributed by atoms with E-state index in [1.54, 1.807) is 29.9 Å². The van der Waals surface area contributed by atoms with Crippen LogP contribution in [0.4, 0.5) is 10.2 Å². The highest BCUT2D eigenvalue weighted by Gasteiger charge is 2.13. The normalized spacial score (nSPS) is 11.6. The first-order valence-electron chi connectivity index (χ1n) is 11.2. The lowest BCUT2D eigenvalue weighted by Gasteiger charge is -2.06. The Morgan fingerprint density at radius 3 is 2.63 bits per heavy atom. The van der Waals surface area contributed by atoms with Crippen molar-refractivity contribution in [1.29, 1.82) is 0 Å². The standard InChI is InChI=1S/C28H20FN5S/c29-24-12-6-4-10-20(24)15-34-16-21(22-11-5-7-13-25(22)34)14-32-33-27-26-23(19-8-2-1-3-9-19)17-35-28(26)31-18-30-27/h1-14,16-18H,15H2,(H,30,31,33)/b32-14+. The van der Waals surface area contributed by atoms with Crippen molar-refractivity contribution in [2.24, 2.45) is 5.10 Å². The molecule has 3 heterocycles. The summed E-state index contributed by atoms with van der Waals surface area (Å²) in [4.78, 5) is 9.78. The summed E-state index contributed by atoms with van der Waals surface area (Å²) in [5.74, 6) is 0.446. The van der Waals surface area contributed by atoms with E-state index in [9.17, 15) is 4.39 Å². The van der Waals surface area contributed by atoms with Crippen LogP contribution < -0.4 is 5.43 Å². The molecule has 0 fully saturated rings. The lowest BCUT2D eigenvalue weighted by molar-refractivity contribution is 0.602. The number of nitrogens with one attached hydrogen (secondary N) is 1. The van der Waals surface area contributed by atoms with Crippen molar-refractivity contribution in [2.45, 2.75) is 6.54 Å². The predicted octanol–water partition coefficient (Wildman–Crippen LogP) is 6.95. The van der Waals surface area contributed by atoms with Gasteiger partial charge in [-0.1, -0.05) is 66.7 Å². The van der Waals surface area contributed by atoms with E-state index in [0.717, 1.165) is 37.8 Å². The molecule has 35 heavy (non-hydrogen) atoms. The van der Waals surface area contributed by atoms with Crippen LogP contribution in [-0.2, 0) is 6.54 Å². The maximum atomic E-state index is 14.3. The van der Waals surface area contributed by atoms with Crippen LogP contribution >= 0.6 is 11.3 Å². The average molecular weight is 478 g/mol. The molecule has 6 rings (SSSR count). The maximum Gasteiger partial charge on any atom is 0.159 e. The fourth-order valence-electron chi connectivity index (χ4n) is 4.27. The van der Waals surface area contributed by atoms with Crippen molar-refractivity contribution in [1.82, 2.24) is 14.5 Å². The second-order valence-electron chi connectivity index (χ2n) is 8.11. The van der Waals surface area contributed by atoms with Gasteiger partial charge in [0.1, 0.15) is 17.0 Å². The third-order valence-corrected chi connectivity index (χ3v) is 6.83. The molecule has 0 saturated heterocycles. The summed E-state index contributed by atoms with van der Waals surface area (Å²) in [6, 6.07) is 25.1. The van der Waals surface area contributed by atoms with Crippen LogP contribution in [0.3, 0.4) is 0 Å². The number of halogens is 1. The molecule has 0 atom stereocenters. The first-order chi connectivity index (χ1) is 17.3. The zero-order chi connectivity index (χ0) is 23.6. The van der Waals surface area contributed by atoms with Gasteiger partial charge in [-0.3, -0.25) is 5.43 Å². The Labute approximate surface area is 205 Å². The molecule has 0 aliphatic rings. The average Bonchev–Trinajstić information content (AvgIpc) is 3.49. The van der Waals surface area contributed by atoms with Crippen molar-refractivity contribution in [3.8, 4) is 11.1 Å². The smallest absolute Gasteiger partial charge is 0.159 e. The van der Waals surface area contributed by atoms with Gasteiger partial charge in [-0.2, -0.15) is 5.10 Å². The summed E-state index contributed by atoms with van der Waals surface area (Å²) in [6.07, 6.45) is 5.33. The number of nitrogens with zero attached hydrogens (tertiary/aromatic N) is 4. The van der Waals surface area contributed by atoms with Crippen LogP contribution in [0.25, 0.3) is 32.2 Å². The third kappa shape index (κ3) is 4.06. The lowest BCUT2D eigenvalue weighted by atomic mass is 10.1. The molecule has 0 aliphatic heterocycles. The molecule has 0 amide bonds. The quantitative estimate of drug-likeness (QED) is 0.209. The molecule has 0 spiro atoms. The van der Waals surface area contributed by atoms with Gasteiger partial charge < -0.3 is 4.57 Å². The predicted molar refractivity (Wildman–Crippen MR) is 142 cm³/mol. The third-order valence-electron chi connectivity index (χ3n) is 5.95. The second-order valence-corrected chi connectivity index (χ2v) is 8.97. The number of fused-ring (bicyclic) bond motifs is 2. The Morgan fingerprint density at radius 1 is 0.943 bits per heavy atom. The molecular weight excluding hydrogens is 457 g/mol. The number of hydrogen-bond donors (Lipinski definition) is 1. The van der Waals surface area contributed by atoms with Crippen molar-refractivity contribution in [3.63, 3.8) is 0 Å². The Morgan fingerprint density at radius 2 is 1.74 bits per heavy atom. The van der Waals surface area contributed by atoms with Crippen molar-refractivity contribution < 1.29 is 4.39 Å². The van der Waals surface area contributed by atoms with E-state index >= 15 is 0 Å². The molecule has 3 aromatic carbocycles. The topological polar surface area (TPSA) is 55.1 Å². The van der Waals surface area contributed by atoms with E-state index in [4.69, 9.17) is 0 Å². The van der Waals surface area contributed by atoms with Gasteiger partial charge in [0.15, 0.2) is 5.82 Å². The summed E-state index contributed by atoms with van der Waals surface area (Å²) in [7, 11) is 0. The Balaban J connectivity index is 1.33. The highest BCUT2D eigenvalue weighted by Crippen LogP contribution is 2.36. The van der Waals surface area contributed by atoms with E-state index in [0.29, 0.717) is 17.9 Å². The molecule has 3 aromatic heterocycles. The van der Waals surface area contributed by atoms with Crippen molar-refractivity contribution in [2.75, 3.05) is 5.43 Å². The van der Waals surface area contributed by atoms with Gasteiger partial charge in [0.05, 0.1) is 18.1 Å². The molecule has 5 nitrogen and oxygen atoms in total. The van der Waals surface area contributed by atoms with E-state index < -0.39 is 0 Å². The van der Waals surface area contributed by atoms with Gasteiger partial charge >= 0.3 is 0 Å². The zero-order valence-electron chi connectivity index (χ0n) is 18.6. The van der Waals surface area contributed by atoms with Crippen LogP contribution in [0.2, 0.25) is 0 Å². The number of rotatable bonds is 6. The molecule has 0 aliphatic carbocycles. The number of aromatic nitrogens is 3. The summed E-state index contributed by atoms with van der Waals surface area (Å²) < 4.78 is 16.3. The molecule has 6 aromatic rings. The van der Waals surface area contributed by atoms with Gasteiger partial charge in [0.2, 0.25) is 0 Å². The van der Waals surface area contributed by atoms with E-state index in [1.807, 2.05) is 65.4 Å². The minimum Gasteiger partial charge on any atom is -0.342 e. The largest absolute Gasteiger partial charge is 0.342 e. The second kappa shape index (κ2) is 9.12. The van der Waals surface area contributed by atoms with Crippen LogP contribution in [0.5, 0.6) is 0 Å². The molecule has 7 heteroatoms. The van der Waals surface area contributed by atoms with Gasteiger partial charge in [-0.25, -0.2) is 14.4 Å². The number of para-hydroxylation sites is 1. The van der Waals surface area contributed by atoms with Gasteiger partial charge in [0.25, 0.3) is 0 Å². The Kier molecular flexibility index (Phi) is 5.52. The molecule has 0 unspecified atom stereocenters.